The molecule has 1 aliphatic rings. The second-order valence-corrected chi connectivity index (χ2v) is 10.7. The van der Waals surface area contributed by atoms with Gasteiger partial charge in [0.15, 0.2) is 0 Å². The molecule has 0 saturated heterocycles. The lowest BCUT2D eigenvalue weighted by atomic mass is 9.84. The van der Waals surface area contributed by atoms with Crippen LogP contribution in [0.4, 0.5) is 0 Å². The van der Waals surface area contributed by atoms with Gasteiger partial charge in [-0.1, -0.05) is 125 Å². The highest BCUT2D eigenvalue weighted by atomic mass is 16.3. The summed E-state index contributed by atoms with van der Waals surface area (Å²) in [6.45, 7) is 23.9. The minimum atomic E-state index is 0.287. The zero-order valence-corrected chi connectivity index (χ0v) is 26.4. The van der Waals surface area contributed by atoms with Crippen LogP contribution in [0.15, 0.2) is 47.2 Å². The molecule has 4 N–H and O–H groups in total. The molecule has 0 saturated carbocycles. The van der Waals surface area contributed by atoms with Gasteiger partial charge in [-0.15, -0.1) is 0 Å². The summed E-state index contributed by atoms with van der Waals surface area (Å²) in [6, 6.07) is 7.52. The van der Waals surface area contributed by atoms with Gasteiger partial charge in [-0.2, -0.15) is 0 Å². The van der Waals surface area contributed by atoms with E-state index < -0.39 is 0 Å². The largest absolute Gasteiger partial charge is 0.508 e. The Morgan fingerprint density at radius 3 is 1.81 bits per heavy atom. The summed E-state index contributed by atoms with van der Waals surface area (Å²) in [5, 5.41) is 12.9. The maximum absolute atomic E-state index is 9.52. The van der Waals surface area contributed by atoms with Crippen molar-refractivity contribution in [1.29, 1.82) is 0 Å². The molecule has 0 bridgehead atoms. The molecular formula is C34H64N2O. The minimum Gasteiger partial charge on any atom is -0.508 e. The van der Waals surface area contributed by atoms with Crippen LogP contribution in [-0.2, 0) is 0 Å². The number of rotatable bonds is 9. The lowest BCUT2D eigenvalue weighted by molar-refractivity contribution is 0.475. The number of unbranched alkanes of at least 4 members (excludes halogenated alkanes) is 4. The van der Waals surface area contributed by atoms with E-state index in [1.54, 1.807) is 12.1 Å². The van der Waals surface area contributed by atoms with Gasteiger partial charge in [-0.05, 0) is 67.0 Å². The molecule has 0 spiro atoms. The van der Waals surface area contributed by atoms with Gasteiger partial charge in [-0.3, -0.25) is 0 Å². The maximum Gasteiger partial charge on any atom is 0.115 e. The van der Waals surface area contributed by atoms with Crippen LogP contribution in [0.5, 0.6) is 5.75 Å². The van der Waals surface area contributed by atoms with Gasteiger partial charge in [0.25, 0.3) is 0 Å². The first-order chi connectivity index (χ1) is 17.6. The Morgan fingerprint density at radius 1 is 0.892 bits per heavy atom. The summed E-state index contributed by atoms with van der Waals surface area (Å²) in [4.78, 5) is 0. The van der Waals surface area contributed by atoms with Crippen molar-refractivity contribution in [2.45, 2.75) is 133 Å². The Labute approximate surface area is 232 Å². The fraction of sp³-hybridized carbons (Fsp3) is 0.706. The lowest BCUT2D eigenvalue weighted by Gasteiger charge is -2.23. The van der Waals surface area contributed by atoms with Crippen molar-refractivity contribution in [1.82, 2.24) is 5.32 Å². The molecule has 1 heterocycles. The van der Waals surface area contributed by atoms with Gasteiger partial charge in [0.2, 0.25) is 0 Å². The molecular weight excluding hydrogens is 452 g/mol. The third-order valence-electron chi connectivity index (χ3n) is 7.11. The maximum atomic E-state index is 9.52. The van der Waals surface area contributed by atoms with Crippen LogP contribution in [0.25, 0.3) is 0 Å². The molecule has 2 atom stereocenters. The molecule has 3 nitrogen and oxygen atoms in total. The number of phenolic OH excluding ortho intramolecular Hbond substituents is 1. The summed E-state index contributed by atoms with van der Waals surface area (Å²) >= 11 is 0. The molecule has 0 radical (unpaired) electrons. The zero-order valence-electron chi connectivity index (χ0n) is 26.4. The number of hydrogen-bond donors (Lipinski definition) is 3. The first-order valence-electron chi connectivity index (χ1n) is 15.3. The Balaban J connectivity index is 0. The monoisotopic (exact) mass is 517 g/mol. The number of allylic oxidation sites excluding steroid dienone is 2. The predicted molar refractivity (Wildman–Crippen MR) is 168 cm³/mol. The van der Waals surface area contributed by atoms with Crippen LogP contribution < -0.4 is 11.1 Å². The molecule has 216 valence electrons. The summed E-state index contributed by atoms with van der Waals surface area (Å²) in [5.74, 6) is 1.97. The van der Waals surface area contributed by atoms with E-state index in [4.69, 9.17) is 5.73 Å². The molecule has 0 aliphatic carbocycles. The molecule has 1 aliphatic heterocycles. The van der Waals surface area contributed by atoms with Crippen molar-refractivity contribution in [3.05, 3.63) is 52.7 Å². The molecule has 2 unspecified atom stereocenters. The number of aromatic hydroxyl groups is 1. The molecule has 2 rings (SSSR count). The lowest BCUT2D eigenvalue weighted by Crippen LogP contribution is -2.16. The van der Waals surface area contributed by atoms with E-state index in [9.17, 15) is 5.11 Å². The van der Waals surface area contributed by atoms with Crippen LogP contribution >= 0.6 is 0 Å². The van der Waals surface area contributed by atoms with Crippen molar-refractivity contribution >= 4 is 0 Å². The van der Waals surface area contributed by atoms with Crippen molar-refractivity contribution in [3.63, 3.8) is 0 Å². The van der Waals surface area contributed by atoms with Crippen molar-refractivity contribution in [2.24, 2.45) is 17.6 Å². The van der Waals surface area contributed by atoms with Crippen LogP contribution in [0, 0.1) is 11.8 Å². The second-order valence-electron chi connectivity index (χ2n) is 10.7. The minimum absolute atomic E-state index is 0.287. The second kappa shape index (κ2) is 24.6. The highest BCUT2D eigenvalue weighted by Crippen LogP contribution is 2.34. The predicted octanol–water partition coefficient (Wildman–Crippen LogP) is 10.1. The van der Waals surface area contributed by atoms with Gasteiger partial charge in [-0.25, -0.2) is 0 Å². The Bertz CT molecular complexity index is 697. The Morgan fingerprint density at radius 2 is 1.41 bits per heavy atom. The smallest absolute Gasteiger partial charge is 0.115 e. The van der Waals surface area contributed by atoms with E-state index in [1.807, 2.05) is 12.1 Å². The van der Waals surface area contributed by atoms with Crippen LogP contribution in [0.2, 0.25) is 0 Å². The summed E-state index contributed by atoms with van der Waals surface area (Å²) < 4.78 is 0. The Kier molecular flexibility index (Phi) is 24.9. The fourth-order valence-electron chi connectivity index (χ4n) is 3.48. The quantitative estimate of drug-likeness (QED) is 0.286. The van der Waals surface area contributed by atoms with Crippen LogP contribution in [0.1, 0.15) is 139 Å². The van der Waals surface area contributed by atoms with Gasteiger partial charge in [0, 0.05) is 18.2 Å². The molecule has 37 heavy (non-hydrogen) atoms. The van der Waals surface area contributed by atoms with Gasteiger partial charge in [0.05, 0.1) is 0 Å². The summed E-state index contributed by atoms with van der Waals surface area (Å²) in [5.41, 5.74) is 11.2. The molecule has 3 heteroatoms. The highest BCUT2D eigenvalue weighted by Gasteiger charge is 2.22. The molecule has 0 amide bonds. The van der Waals surface area contributed by atoms with Gasteiger partial charge < -0.3 is 16.2 Å². The van der Waals surface area contributed by atoms with Crippen molar-refractivity contribution < 1.29 is 5.11 Å². The number of benzene rings is 1. The van der Waals surface area contributed by atoms with E-state index >= 15 is 0 Å². The topological polar surface area (TPSA) is 58.3 Å². The van der Waals surface area contributed by atoms with Gasteiger partial charge in [0.1, 0.15) is 5.75 Å². The van der Waals surface area contributed by atoms with Crippen molar-refractivity contribution in [2.75, 3.05) is 13.1 Å². The van der Waals surface area contributed by atoms with E-state index in [0.29, 0.717) is 11.7 Å². The third-order valence-corrected chi connectivity index (χ3v) is 7.11. The number of nitrogens with one attached hydrogen (secondary N) is 1. The SMILES string of the molecule is CCC(C)/C(C)=C(\N)C1=CCNCCC1c1ccc(O)cc1.CCC(C)C.CCCC.CCCCCC. The van der Waals surface area contributed by atoms with E-state index in [0.717, 1.165) is 37.5 Å². The van der Waals surface area contributed by atoms with Crippen LogP contribution in [-0.4, -0.2) is 18.2 Å². The first-order valence-corrected chi connectivity index (χ1v) is 15.3. The number of phenols is 1. The van der Waals surface area contributed by atoms with E-state index in [1.165, 1.54) is 61.7 Å². The molecule has 0 fully saturated rings. The van der Waals surface area contributed by atoms with E-state index in [2.05, 4.69) is 80.6 Å². The van der Waals surface area contributed by atoms with Gasteiger partial charge >= 0.3 is 0 Å². The summed E-state index contributed by atoms with van der Waals surface area (Å²) in [6.07, 6.45) is 13.8. The average molecular weight is 517 g/mol. The third kappa shape index (κ3) is 18.2. The Hall–Kier alpha value is -1.74. The summed E-state index contributed by atoms with van der Waals surface area (Å²) in [7, 11) is 0. The highest BCUT2D eigenvalue weighted by molar-refractivity contribution is 5.44. The first kappa shape index (κ1) is 37.4. The zero-order chi connectivity index (χ0) is 28.6. The standard InChI is InChI=1S/C19H28N2O.C6H14.C5H12.C4H10/c1-4-13(2)14(3)19(20)18-10-12-21-11-9-17(18)15-5-7-16(22)8-6-15;1-3-5-6-4-2;1-4-5(2)3;1-3-4-2/h5-8,10,13,17,21-22H,4,9,11-12,20H2,1-3H3;3-6H2,1-2H3;5H,4H2,1-3H3;3-4H2,1-2H3/b19-14-;;;. The fourth-order valence-corrected chi connectivity index (χ4v) is 3.48. The average Bonchev–Trinajstić information content (AvgIpc) is 3.18. The van der Waals surface area contributed by atoms with Crippen LogP contribution in [0.3, 0.4) is 0 Å². The normalized spacial score (nSPS) is 16.4. The van der Waals surface area contributed by atoms with E-state index in [-0.39, 0.29) is 5.92 Å². The number of nitrogens with two attached hydrogens (primary N) is 1. The molecule has 1 aromatic rings. The molecule has 1 aromatic carbocycles. The number of hydrogen-bond acceptors (Lipinski definition) is 3. The van der Waals surface area contributed by atoms with Crippen molar-refractivity contribution in [3.8, 4) is 5.75 Å². The molecule has 0 aromatic heterocycles.